The van der Waals surface area contributed by atoms with Gasteiger partial charge in [-0.3, -0.25) is 4.79 Å². The molecule has 1 aliphatic heterocycles. The van der Waals surface area contributed by atoms with Gasteiger partial charge in [0.15, 0.2) is 5.76 Å². The molecular weight excluding hydrogens is 406 g/mol. The number of nitrogens with zero attached hydrogens (tertiary/aromatic N) is 3. The minimum atomic E-state index is -0.352. The number of fused-ring (bicyclic) bond motifs is 1. The molecule has 1 aliphatic rings. The summed E-state index contributed by atoms with van der Waals surface area (Å²) in [5, 5.41) is 9.48. The van der Waals surface area contributed by atoms with Crippen LogP contribution >= 0.6 is 22.9 Å². The maximum Gasteiger partial charge on any atom is 0.310 e. The molecule has 144 valence electrons. The van der Waals surface area contributed by atoms with Crippen LogP contribution in [0.5, 0.6) is 0 Å². The van der Waals surface area contributed by atoms with E-state index in [4.69, 9.17) is 16.0 Å². The van der Waals surface area contributed by atoms with E-state index in [2.05, 4.69) is 16.2 Å². The van der Waals surface area contributed by atoms with Crippen LogP contribution in [0, 0.1) is 6.92 Å². The predicted molar refractivity (Wildman–Crippen MR) is 115 cm³/mol. The zero-order chi connectivity index (χ0) is 20.0. The zero-order valence-electron chi connectivity index (χ0n) is 15.5. The van der Waals surface area contributed by atoms with Gasteiger partial charge in [0, 0.05) is 17.4 Å². The van der Waals surface area contributed by atoms with Crippen LogP contribution < -0.4 is 0 Å². The minimum absolute atomic E-state index is 0.242. The number of rotatable bonds is 3. The number of aromatic nitrogens is 1. The first-order valence-corrected chi connectivity index (χ1v) is 10.4. The van der Waals surface area contributed by atoms with E-state index in [-0.39, 0.29) is 17.7 Å². The maximum atomic E-state index is 13.1. The molecule has 0 fully saturated rings. The van der Waals surface area contributed by atoms with Crippen LogP contribution in [0.15, 0.2) is 69.7 Å². The number of thiophene rings is 1. The Balaban J connectivity index is 1.61. The molecule has 5 nitrogen and oxygen atoms in total. The van der Waals surface area contributed by atoms with E-state index in [0.29, 0.717) is 11.6 Å². The number of carbonyl (C=O) groups is 1. The highest BCUT2D eigenvalue weighted by Crippen LogP contribution is 2.38. The Bertz CT molecular complexity index is 1230. The molecule has 0 N–H and O–H groups in total. The highest BCUT2D eigenvalue weighted by molar-refractivity contribution is 7.12. The van der Waals surface area contributed by atoms with Crippen molar-refractivity contribution in [2.24, 2.45) is 5.10 Å². The fourth-order valence-corrected chi connectivity index (χ4v) is 4.56. The van der Waals surface area contributed by atoms with E-state index < -0.39 is 0 Å². The first-order chi connectivity index (χ1) is 14.1. The normalized spacial score (nSPS) is 16.4. The Labute approximate surface area is 176 Å². The molecule has 1 aromatic carbocycles. The van der Waals surface area contributed by atoms with Gasteiger partial charge < -0.3 is 4.42 Å². The Kier molecular flexibility index (Phi) is 4.45. The Morgan fingerprint density at radius 2 is 2.14 bits per heavy atom. The second-order valence-electron chi connectivity index (χ2n) is 6.94. The lowest BCUT2D eigenvalue weighted by molar-refractivity contribution is 0.0678. The first-order valence-electron chi connectivity index (χ1n) is 9.15. The standard InChI is InChI=1S/C22H16ClN3O2S/c1-13-6-7-16-14(10-13)11-15(21(23)24-16)18-12-17(20-5-3-9-29-20)25-26(18)22(27)19-4-2-8-28-19/h2-11,18H,12H2,1H3. The average Bonchev–Trinajstić information content (AvgIpc) is 3.48. The third kappa shape index (κ3) is 3.24. The monoisotopic (exact) mass is 421 g/mol. The fraction of sp³-hybridized carbons (Fsp3) is 0.136. The van der Waals surface area contributed by atoms with E-state index in [0.717, 1.165) is 32.6 Å². The molecule has 1 amide bonds. The van der Waals surface area contributed by atoms with Crippen molar-refractivity contribution in [3.63, 3.8) is 0 Å². The number of aryl methyl sites for hydroxylation is 1. The van der Waals surface area contributed by atoms with Gasteiger partial charge in [0.05, 0.1) is 28.4 Å². The van der Waals surface area contributed by atoms with Gasteiger partial charge in [0.25, 0.3) is 0 Å². The summed E-state index contributed by atoms with van der Waals surface area (Å²) < 4.78 is 5.33. The third-order valence-corrected chi connectivity index (χ3v) is 6.19. The van der Waals surface area contributed by atoms with Crippen LogP contribution in [0.4, 0.5) is 0 Å². The molecule has 5 rings (SSSR count). The summed E-state index contributed by atoms with van der Waals surface area (Å²) in [6.07, 6.45) is 2.04. The summed E-state index contributed by atoms with van der Waals surface area (Å²) in [7, 11) is 0. The molecule has 0 radical (unpaired) electrons. The Morgan fingerprint density at radius 1 is 1.24 bits per heavy atom. The Hall–Kier alpha value is -2.96. The summed E-state index contributed by atoms with van der Waals surface area (Å²) in [5.74, 6) is -0.0566. The van der Waals surface area contributed by atoms with Crippen LogP contribution in [0.3, 0.4) is 0 Å². The smallest absolute Gasteiger partial charge is 0.310 e. The number of halogens is 1. The zero-order valence-corrected chi connectivity index (χ0v) is 17.1. The average molecular weight is 422 g/mol. The van der Waals surface area contributed by atoms with Crippen molar-refractivity contribution >= 4 is 45.5 Å². The Morgan fingerprint density at radius 3 is 2.90 bits per heavy atom. The number of hydrogen-bond donors (Lipinski definition) is 0. The largest absolute Gasteiger partial charge is 0.459 e. The molecule has 3 aromatic heterocycles. The number of hydrogen-bond acceptors (Lipinski definition) is 5. The van der Waals surface area contributed by atoms with Gasteiger partial charge in [0.1, 0.15) is 5.15 Å². The van der Waals surface area contributed by atoms with Gasteiger partial charge in [-0.1, -0.05) is 29.3 Å². The van der Waals surface area contributed by atoms with E-state index >= 15 is 0 Å². The number of amides is 1. The molecule has 0 saturated heterocycles. The lowest BCUT2D eigenvalue weighted by Gasteiger charge is -2.22. The number of furan rings is 1. The number of hydrazone groups is 1. The summed E-state index contributed by atoms with van der Waals surface area (Å²) >= 11 is 8.17. The highest BCUT2D eigenvalue weighted by Gasteiger charge is 2.36. The van der Waals surface area contributed by atoms with Gasteiger partial charge >= 0.3 is 5.91 Å². The van der Waals surface area contributed by atoms with Crippen molar-refractivity contribution in [3.05, 3.63) is 87.1 Å². The fourth-order valence-electron chi connectivity index (χ4n) is 3.57. The SMILES string of the molecule is Cc1ccc2nc(Cl)c(C3CC(c4cccs4)=NN3C(=O)c3ccco3)cc2c1. The van der Waals surface area contributed by atoms with Gasteiger partial charge in [-0.25, -0.2) is 9.99 Å². The molecule has 0 spiro atoms. The van der Waals surface area contributed by atoms with Gasteiger partial charge in [-0.05, 0) is 48.7 Å². The topological polar surface area (TPSA) is 58.7 Å². The first kappa shape index (κ1) is 18.1. The number of pyridine rings is 1. The van der Waals surface area contributed by atoms with Crippen molar-refractivity contribution in [3.8, 4) is 0 Å². The lowest BCUT2D eigenvalue weighted by atomic mass is 10.0. The highest BCUT2D eigenvalue weighted by atomic mass is 35.5. The maximum absolute atomic E-state index is 13.1. The molecule has 29 heavy (non-hydrogen) atoms. The van der Waals surface area contributed by atoms with Crippen molar-refractivity contribution in [2.45, 2.75) is 19.4 Å². The molecule has 7 heteroatoms. The van der Waals surface area contributed by atoms with Crippen molar-refractivity contribution in [1.29, 1.82) is 0 Å². The second-order valence-corrected chi connectivity index (χ2v) is 8.24. The van der Waals surface area contributed by atoms with Crippen LogP contribution in [-0.4, -0.2) is 21.6 Å². The van der Waals surface area contributed by atoms with Crippen molar-refractivity contribution in [2.75, 3.05) is 0 Å². The van der Waals surface area contributed by atoms with Gasteiger partial charge in [-0.2, -0.15) is 5.10 Å². The van der Waals surface area contributed by atoms with E-state index in [1.54, 1.807) is 23.5 Å². The summed E-state index contributed by atoms with van der Waals surface area (Å²) in [5.41, 5.74) is 3.59. The van der Waals surface area contributed by atoms with E-state index in [1.807, 2.05) is 42.6 Å². The van der Waals surface area contributed by atoms with Crippen LogP contribution in [0.25, 0.3) is 10.9 Å². The quantitative estimate of drug-likeness (QED) is 0.390. The molecule has 0 saturated carbocycles. The molecule has 4 aromatic rings. The lowest BCUT2D eigenvalue weighted by Crippen LogP contribution is -2.27. The van der Waals surface area contributed by atoms with Crippen LogP contribution in [0.1, 0.15) is 39.0 Å². The van der Waals surface area contributed by atoms with E-state index in [1.165, 1.54) is 11.3 Å². The van der Waals surface area contributed by atoms with E-state index in [9.17, 15) is 4.79 Å². The summed E-state index contributed by atoms with van der Waals surface area (Å²) in [4.78, 5) is 18.7. The molecular formula is C22H16ClN3O2S. The minimum Gasteiger partial charge on any atom is -0.459 e. The number of benzene rings is 1. The molecule has 1 atom stereocenters. The van der Waals surface area contributed by atoms with Gasteiger partial charge in [-0.15, -0.1) is 11.3 Å². The molecule has 4 heterocycles. The molecule has 0 aliphatic carbocycles. The van der Waals surface area contributed by atoms with Crippen LogP contribution in [-0.2, 0) is 0 Å². The van der Waals surface area contributed by atoms with Gasteiger partial charge in [0.2, 0.25) is 0 Å². The molecule has 0 bridgehead atoms. The summed E-state index contributed by atoms with van der Waals surface area (Å²) in [6.45, 7) is 2.04. The van der Waals surface area contributed by atoms with Crippen LogP contribution in [0.2, 0.25) is 5.15 Å². The summed E-state index contributed by atoms with van der Waals surface area (Å²) in [6, 6.07) is 15.0. The second kappa shape index (κ2) is 7.13. The third-order valence-electron chi connectivity index (χ3n) is 4.97. The van der Waals surface area contributed by atoms with Crippen molar-refractivity contribution in [1.82, 2.24) is 9.99 Å². The number of carbonyl (C=O) groups excluding carboxylic acids is 1. The van der Waals surface area contributed by atoms with Crippen molar-refractivity contribution < 1.29 is 9.21 Å². The molecule has 1 unspecified atom stereocenters. The predicted octanol–water partition coefficient (Wildman–Crippen LogP) is 5.84.